The van der Waals surface area contributed by atoms with E-state index in [1.165, 1.54) is 19.1 Å². The number of methoxy groups -OCH3 is 2. The number of hydrogen-bond acceptors (Lipinski definition) is 6. The number of ether oxygens (including phenoxy) is 3. The standard InChI is InChI=1S/C14H24N2O6.4C2H6/c1-14(2,3)22-13(19)15-7-11(17)16-8-9(20-4)6-10(16)12(18)21-5;4*1-2/h9-10H,6-8H2,1-5H3,(H,15,19);4*1-2H3. The molecule has 1 rings (SSSR count). The fraction of sp³-hybridized carbons (Fsp3) is 0.864. The van der Waals surface area contributed by atoms with Crippen LogP contribution in [0.3, 0.4) is 0 Å². The molecule has 182 valence electrons. The maximum absolute atomic E-state index is 12.2. The monoisotopic (exact) mass is 436 g/mol. The highest BCUT2D eigenvalue weighted by Gasteiger charge is 2.40. The first kappa shape index (κ1) is 35.6. The zero-order valence-electron chi connectivity index (χ0n) is 21.7. The summed E-state index contributed by atoms with van der Waals surface area (Å²) in [5, 5.41) is 2.38. The molecule has 1 fully saturated rings. The van der Waals surface area contributed by atoms with Crippen molar-refractivity contribution in [1.29, 1.82) is 0 Å². The molecule has 2 unspecified atom stereocenters. The SMILES string of the molecule is CC.CC.CC.CC.COC(=O)C1CC(OC)CN1C(=O)CNC(=O)OC(C)(C)C. The van der Waals surface area contributed by atoms with Crippen molar-refractivity contribution in [3.8, 4) is 0 Å². The van der Waals surface area contributed by atoms with Gasteiger partial charge in [-0.1, -0.05) is 55.4 Å². The predicted octanol–water partition coefficient (Wildman–Crippen LogP) is 4.40. The molecule has 30 heavy (non-hydrogen) atoms. The van der Waals surface area contributed by atoms with Gasteiger partial charge in [-0.2, -0.15) is 0 Å². The minimum absolute atomic E-state index is 0.227. The van der Waals surface area contributed by atoms with Crippen molar-refractivity contribution in [3.63, 3.8) is 0 Å². The molecular weight excluding hydrogens is 388 g/mol. The Hall–Kier alpha value is -1.83. The Balaban J connectivity index is -0.000000376. The van der Waals surface area contributed by atoms with Crippen molar-refractivity contribution in [2.24, 2.45) is 0 Å². The lowest BCUT2D eigenvalue weighted by atomic mass is 10.2. The zero-order valence-corrected chi connectivity index (χ0v) is 21.7. The van der Waals surface area contributed by atoms with Crippen molar-refractivity contribution >= 4 is 18.0 Å². The van der Waals surface area contributed by atoms with Crippen LogP contribution in [-0.2, 0) is 23.8 Å². The van der Waals surface area contributed by atoms with Gasteiger partial charge in [-0.25, -0.2) is 9.59 Å². The first-order chi connectivity index (χ1) is 14.2. The van der Waals surface area contributed by atoms with E-state index in [0.717, 1.165) is 0 Å². The summed E-state index contributed by atoms with van der Waals surface area (Å²) in [6.07, 6.45) is -0.533. The topological polar surface area (TPSA) is 94.2 Å². The number of carbonyl (C=O) groups excluding carboxylic acids is 3. The number of rotatable bonds is 4. The molecule has 0 aromatic carbocycles. The Morgan fingerprint density at radius 2 is 1.40 bits per heavy atom. The second-order valence-electron chi connectivity index (χ2n) is 6.03. The molecule has 2 atom stereocenters. The van der Waals surface area contributed by atoms with Gasteiger partial charge < -0.3 is 24.4 Å². The molecule has 2 amide bonds. The molecule has 0 bridgehead atoms. The molecule has 0 aromatic rings. The van der Waals surface area contributed by atoms with Gasteiger partial charge in [0.1, 0.15) is 18.2 Å². The van der Waals surface area contributed by atoms with Gasteiger partial charge in [-0.05, 0) is 20.8 Å². The van der Waals surface area contributed by atoms with Crippen LogP contribution >= 0.6 is 0 Å². The quantitative estimate of drug-likeness (QED) is 0.656. The molecule has 0 saturated carbocycles. The second kappa shape index (κ2) is 21.9. The molecule has 1 heterocycles. The number of hydrogen-bond donors (Lipinski definition) is 1. The van der Waals surface area contributed by atoms with E-state index in [9.17, 15) is 14.4 Å². The number of amides is 2. The number of esters is 1. The lowest BCUT2D eigenvalue weighted by Crippen LogP contribution is -2.46. The van der Waals surface area contributed by atoms with Crippen LogP contribution in [0.1, 0.15) is 82.6 Å². The second-order valence-corrected chi connectivity index (χ2v) is 6.03. The van der Waals surface area contributed by atoms with Gasteiger partial charge >= 0.3 is 12.1 Å². The van der Waals surface area contributed by atoms with Crippen molar-refractivity contribution in [3.05, 3.63) is 0 Å². The Morgan fingerprint density at radius 3 is 1.77 bits per heavy atom. The summed E-state index contributed by atoms with van der Waals surface area (Å²) in [7, 11) is 2.79. The van der Waals surface area contributed by atoms with Crippen LogP contribution in [0, 0.1) is 0 Å². The third kappa shape index (κ3) is 16.0. The van der Waals surface area contributed by atoms with Gasteiger partial charge in [-0.15, -0.1) is 0 Å². The van der Waals surface area contributed by atoms with Crippen LogP contribution in [0.2, 0.25) is 0 Å². The highest BCUT2D eigenvalue weighted by molar-refractivity contribution is 5.88. The minimum Gasteiger partial charge on any atom is -0.467 e. The van der Waals surface area contributed by atoms with E-state index in [1.807, 2.05) is 55.4 Å². The summed E-state index contributed by atoms with van der Waals surface area (Å²) in [6.45, 7) is 21.2. The molecule has 0 spiro atoms. The van der Waals surface area contributed by atoms with Gasteiger partial charge in [0.25, 0.3) is 0 Å². The Kier molecular flexibility index (Phi) is 25.9. The predicted molar refractivity (Wildman–Crippen MR) is 123 cm³/mol. The third-order valence-electron chi connectivity index (χ3n) is 3.17. The van der Waals surface area contributed by atoms with E-state index in [2.05, 4.69) is 5.32 Å². The smallest absolute Gasteiger partial charge is 0.408 e. The number of carbonyl (C=O) groups is 3. The van der Waals surface area contributed by atoms with Crippen molar-refractivity contribution in [2.45, 2.75) is 100 Å². The summed E-state index contributed by atoms with van der Waals surface area (Å²) in [6, 6.07) is -0.692. The Bertz CT molecular complexity index is 436. The van der Waals surface area contributed by atoms with Crippen LogP contribution in [0.15, 0.2) is 0 Å². The van der Waals surface area contributed by atoms with Gasteiger partial charge in [0.2, 0.25) is 5.91 Å². The molecule has 1 aliphatic rings. The fourth-order valence-corrected chi connectivity index (χ4v) is 2.17. The fourth-order valence-electron chi connectivity index (χ4n) is 2.17. The summed E-state index contributed by atoms with van der Waals surface area (Å²) < 4.78 is 14.9. The van der Waals surface area contributed by atoms with E-state index < -0.39 is 23.7 Å². The van der Waals surface area contributed by atoms with E-state index in [4.69, 9.17) is 14.2 Å². The molecule has 1 aliphatic heterocycles. The first-order valence-electron chi connectivity index (χ1n) is 11.0. The molecule has 0 radical (unpaired) electrons. The third-order valence-corrected chi connectivity index (χ3v) is 3.17. The average molecular weight is 437 g/mol. The van der Waals surface area contributed by atoms with E-state index >= 15 is 0 Å². The largest absolute Gasteiger partial charge is 0.467 e. The van der Waals surface area contributed by atoms with E-state index in [0.29, 0.717) is 6.42 Å². The summed E-state index contributed by atoms with van der Waals surface area (Å²) >= 11 is 0. The summed E-state index contributed by atoms with van der Waals surface area (Å²) in [5.41, 5.74) is -0.642. The number of likely N-dealkylation sites (tertiary alicyclic amines) is 1. The number of alkyl carbamates (subject to hydrolysis) is 1. The molecule has 1 saturated heterocycles. The van der Waals surface area contributed by atoms with E-state index in [1.54, 1.807) is 20.8 Å². The first-order valence-corrected chi connectivity index (χ1v) is 11.0. The van der Waals surface area contributed by atoms with Gasteiger partial charge in [0.05, 0.1) is 13.2 Å². The van der Waals surface area contributed by atoms with Crippen molar-refractivity contribution in [1.82, 2.24) is 10.2 Å². The Morgan fingerprint density at radius 1 is 0.933 bits per heavy atom. The number of nitrogens with zero attached hydrogens (tertiary/aromatic N) is 1. The van der Waals surface area contributed by atoms with Crippen LogP contribution in [-0.4, -0.2) is 67.9 Å². The van der Waals surface area contributed by atoms with Crippen molar-refractivity contribution in [2.75, 3.05) is 27.3 Å². The molecular formula is C22H48N2O6. The molecule has 8 heteroatoms. The van der Waals surface area contributed by atoms with Crippen molar-refractivity contribution < 1.29 is 28.6 Å². The van der Waals surface area contributed by atoms with Crippen LogP contribution < -0.4 is 5.32 Å². The summed E-state index contributed by atoms with van der Waals surface area (Å²) in [5.74, 6) is -0.883. The van der Waals surface area contributed by atoms with Crippen LogP contribution in [0.4, 0.5) is 4.79 Å². The van der Waals surface area contributed by atoms with Gasteiger partial charge in [0, 0.05) is 20.1 Å². The normalized spacial score (nSPS) is 16.5. The maximum atomic E-state index is 12.2. The molecule has 0 aliphatic carbocycles. The maximum Gasteiger partial charge on any atom is 0.408 e. The zero-order chi connectivity index (χ0) is 24.9. The average Bonchev–Trinajstić information content (AvgIpc) is 3.20. The summed E-state index contributed by atoms with van der Waals surface area (Å²) in [4.78, 5) is 36.8. The van der Waals surface area contributed by atoms with Gasteiger partial charge in [-0.3, -0.25) is 4.79 Å². The number of nitrogens with one attached hydrogen (secondary N) is 1. The highest BCUT2D eigenvalue weighted by atomic mass is 16.6. The lowest BCUT2D eigenvalue weighted by molar-refractivity contribution is -0.150. The van der Waals surface area contributed by atoms with Gasteiger partial charge in [0.15, 0.2) is 0 Å². The van der Waals surface area contributed by atoms with Crippen LogP contribution in [0.25, 0.3) is 0 Å². The highest BCUT2D eigenvalue weighted by Crippen LogP contribution is 2.21. The molecule has 0 aromatic heterocycles. The van der Waals surface area contributed by atoms with E-state index in [-0.39, 0.29) is 25.1 Å². The minimum atomic E-state index is -0.692. The lowest BCUT2D eigenvalue weighted by Gasteiger charge is -2.23. The molecule has 1 N–H and O–H groups in total. The van der Waals surface area contributed by atoms with Crippen LogP contribution in [0.5, 0.6) is 0 Å². The Labute approximate surface area is 185 Å². The molecule has 8 nitrogen and oxygen atoms in total.